The molecule has 72 valence electrons. The molecule has 0 atom stereocenters. The smallest absolute Gasteiger partial charge is 0.304 e. The van der Waals surface area contributed by atoms with Gasteiger partial charge in [-0.2, -0.15) is 11.8 Å². The average Bonchev–Trinajstić information content (AvgIpc) is 2.02. The summed E-state index contributed by atoms with van der Waals surface area (Å²) in [6.45, 7) is 1.47. The van der Waals surface area contributed by atoms with Crippen LogP contribution in [0.4, 0.5) is 0 Å². The van der Waals surface area contributed by atoms with Crippen molar-refractivity contribution in [1.82, 2.24) is 5.32 Å². The van der Waals surface area contributed by atoms with E-state index in [9.17, 15) is 9.59 Å². The van der Waals surface area contributed by atoms with Crippen molar-refractivity contribution in [2.45, 2.75) is 13.3 Å². The Morgan fingerprint density at radius 2 is 1.92 bits per heavy atom. The molecule has 0 aliphatic rings. The first-order valence-corrected chi connectivity index (χ1v) is 4.83. The van der Waals surface area contributed by atoms with E-state index in [2.05, 4.69) is 5.32 Å². The third kappa shape index (κ3) is 22.8. The Hall–Kier alpha value is -0.710. The number of rotatable bonds is 3. The summed E-state index contributed by atoms with van der Waals surface area (Å²) < 4.78 is 0. The predicted molar refractivity (Wildman–Crippen MR) is 50.4 cm³/mol. The van der Waals surface area contributed by atoms with Gasteiger partial charge in [0.05, 0.1) is 6.42 Å². The van der Waals surface area contributed by atoms with Gasteiger partial charge in [-0.25, -0.2) is 0 Å². The maximum Gasteiger partial charge on any atom is 0.304 e. The van der Waals surface area contributed by atoms with Gasteiger partial charge < -0.3 is 10.4 Å². The molecule has 0 bridgehead atoms. The van der Waals surface area contributed by atoms with Crippen molar-refractivity contribution in [3.63, 3.8) is 0 Å². The Morgan fingerprint density at radius 3 is 2.00 bits per heavy atom. The third-order valence-electron chi connectivity index (χ3n) is 0.872. The van der Waals surface area contributed by atoms with Crippen LogP contribution < -0.4 is 5.32 Å². The lowest BCUT2D eigenvalue weighted by Crippen LogP contribution is -2.11. The maximum atomic E-state index is 9.74. The fraction of sp³-hybridized carbons (Fsp3) is 0.714. The molecule has 0 aromatic carbocycles. The number of carbonyl (C=O) groups excluding carboxylic acids is 1. The van der Waals surface area contributed by atoms with Gasteiger partial charge in [0.1, 0.15) is 0 Å². The minimum atomic E-state index is -0.714. The largest absolute Gasteiger partial charge is 0.481 e. The number of carboxylic acid groups (broad SMARTS) is 1. The molecule has 0 fully saturated rings. The van der Waals surface area contributed by atoms with Crippen molar-refractivity contribution in [3.05, 3.63) is 0 Å². The van der Waals surface area contributed by atoms with Gasteiger partial charge in [0.2, 0.25) is 5.91 Å². The van der Waals surface area contributed by atoms with Crippen molar-refractivity contribution in [3.8, 4) is 0 Å². The Bertz CT molecular complexity index is 139. The Morgan fingerprint density at radius 1 is 1.50 bits per heavy atom. The molecule has 0 radical (unpaired) electrons. The first-order valence-electron chi connectivity index (χ1n) is 3.43. The van der Waals surface area contributed by atoms with Crippen LogP contribution in [0.2, 0.25) is 0 Å². The number of hydrogen-bond acceptors (Lipinski definition) is 3. The van der Waals surface area contributed by atoms with Crippen LogP contribution in [-0.4, -0.2) is 36.0 Å². The van der Waals surface area contributed by atoms with E-state index in [0.29, 0.717) is 0 Å². The summed E-state index contributed by atoms with van der Waals surface area (Å²) in [5.74, 6) is 0.00866. The Kier molecular flexibility index (Phi) is 11.9. The zero-order valence-corrected chi connectivity index (χ0v) is 8.40. The van der Waals surface area contributed by atoms with Crippen LogP contribution in [0.25, 0.3) is 0 Å². The van der Waals surface area contributed by atoms with Gasteiger partial charge in [-0.3, -0.25) is 9.59 Å². The number of hydrogen-bond donors (Lipinski definition) is 2. The number of thioether (sulfide) groups is 1. The highest BCUT2D eigenvalue weighted by Crippen LogP contribution is 1.93. The summed E-state index contributed by atoms with van der Waals surface area (Å²) in [5, 5.41) is 10.4. The Labute approximate surface area is 76.7 Å². The number of amides is 1. The SMILES string of the molecule is CNC(C)=O.CSCCC(=O)O. The molecule has 0 unspecified atom stereocenters. The third-order valence-corrected chi connectivity index (χ3v) is 1.48. The van der Waals surface area contributed by atoms with Crippen molar-refractivity contribution in [2.24, 2.45) is 0 Å². The van der Waals surface area contributed by atoms with Crippen molar-refractivity contribution < 1.29 is 14.7 Å². The number of carbonyl (C=O) groups is 2. The van der Waals surface area contributed by atoms with Gasteiger partial charge in [-0.15, -0.1) is 0 Å². The molecule has 4 nitrogen and oxygen atoms in total. The van der Waals surface area contributed by atoms with Crippen molar-refractivity contribution in [1.29, 1.82) is 0 Å². The summed E-state index contributed by atoms with van der Waals surface area (Å²) in [6, 6.07) is 0. The van der Waals surface area contributed by atoms with Gasteiger partial charge >= 0.3 is 5.97 Å². The molecule has 0 spiro atoms. The van der Waals surface area contributed by atoms with Crippen LogP contribution in [0.3, 0.4) is 0 Å². The van der Waals surface area contributed by atoms with E-state index < -0.39 is 5.97 Å². The minimum absolute atomic E-state index is 0.00463. The lowest BCUT2D eigenvalue weighted by Gasteiger charge is -1.85. The topological polar surface area (TPSA) is 66.4 Å². The summed E-state index contributed by atoms with van der Waals surface area (Å²) in [6.07, 6.45) is 2.17. The summed E-state index contributed by atoms with van der Waals surface area (Å²) >= 11 is 1.55. The summed E-state index contributed by atoms with van der Waals surface area (Å²) in [5.41, 5.74) is 0. The molecule has 0 aromatic heterocycles. The van der Waals surface area contributed by atoms with Gasteiger partial charge in [0.15, 0.2) is 0 Å². The van der Waals surface area contributed by atoms with Gasteiger partial charge in [0, 0.05) is 19.7 Å². The molecule has 12 heavy (non-hydrogen) atoms. The lowest BCUT2D eigenvalue weighted by molar-refractivity contribution is -0.136. The highest BCUT2D eigenvalue weighted by Gasteiger charge is 1.91. The fourth-order valence-electron chi connectivity index (χ4n) is 0.189. The van der Waals surface area contributed by atoms with Crippen LogP contribution in [0, 0.1) is 0 Å². The molecule has 0 aliphatic carbocycles. The molecule has 0 saturated heterocycles. The van der Waals surface area contributed by atoms with Crippen molar-refractivity contribution >= 4 is 23.6 Å². The molecule has 2 N–H and O–H groups in total. The van der Waals surface area contributed by atoms with E-state index in [-0.39, 0.29) is 12.3 Å². The van der Waals surface area contributed by atoms with E-state index in [1.165, 1.54) is 6.92 Å². The second-order valence-electron chi connectivity index (χ2n) is 1.94. The van der Waals surface area contributed by atoms with E-state index >= 15 is 0 Å². The summed E-state index contributed by atoms with van der Waals surface area (Å²) in [4.78, 5) is 19.4. The summed E-state index contributed by atoms with van der Waals surface area (Å²) in [7, 11) is 1.60. The van der Waals surface area contributed by atoms with E-state index in [4.69, 9.17) is 5.11 Å². The zero-order chi connectivity index (χ0) is 9.98. The Balaban J connectivity index is 0. The molecular weight excluding hydrogens is 178 g/mol. The molecule has 5 heteroatoms. The van der Waals surface area contributed by atoms with E-state index in [1.807, 2.05) is 6.26 Å². The molecule has 0 heterocycles. The number of aliphatic carboxylic acids is 1. The van der Waals surface area contributed by atoms with Crippen LogP contribution in [-0.2, 0) is 9.59 Å². The van der Waals surface area contributed by atoms with Crippen LogP contribution in [0.1, 0.15) is 13.3 Å². The van der Waals surface area contributed by atoms with Crippen LogP contribution >= 0.6 is 11.8 Å². The quantitative estimate of drug-likeness (QED) is 0.688. The molecule has 0 aliphatic heterocycles. The first-order chi connectivity index (χ1) is 5.54. The van der Waals surface area contributed by atoms with Crippen LogP contribution in [0.15, 0.2) is 0 Å². The van der Waals surface area contributed by atoms with Crippen molar-refractivity contribution in [2.75, 3.05) is 19.1 Å². The van der Waals surface area contributed by atoms with E-state index in [0.717, 1.165) is 5.75 Å². The molecule has 1 amide bonds. The maximum absolute atomic E-state index is 9.74. The molecule has 0 rings (SSSR count). The normalized spacial score (nSPS) is 7.92. The number of nitrogens with one attached hydrogen (secondary N) is 1. The van der Waals surface area contributed by atoms with Gasteiger partial charge in [-0.05, 0) is 6.26 Å². The van der Waals surface area contributed by atoms with E-state index in [1.54, 1.807) is 18.8 Å². The number of carboxylic acids is 1. The minimum Gasteiger partial charge on any atom is -0.481 e. The zero-order valence-electron chi connectivity index (χ0n) is 7.59. The lowest BCUT2D eigenvalue weighted by atomic mass is 10.5. The highest BCUT2D eigenvalue weighted by atomic mass is 32.2. The highest BCUT2D eigenvalue weighted by molar-refractivity contribution is 7.98. The van der Waals surface area contributed by atoms with Crippen LogP contribution in [0.5, 0.6) is 0 Å². The second-order valence-corrected chi connectivity index (χ2v) is 2.93. The van der Waals surface area contributed by atoms with Gasteiger partial charge in [-0.1, -0.05) is 0 Å². The molecular formula is C7H15NO3S. The molecule has 0 aromatic rings. The first kappa shape index (κ1) is 13.9. The fourth-order valence-corrected chi connectivity index (χ4v) is 0.568. The standard InChI is InChI=1S/C4H8O2S.C3H7NO/c1-7-3-2-4(5)6;1-3(5)4-2/h2-3H2,1H3,(H,5,6);1-2H3,(H,4,5). The monoisotopic (exact) mass is 193 g/mol. The predicted octanol–water partition coefficient (Wildman–Crippen LogP) is 0.576. The second kappa shape index (κ2) is 10.3. The average molecular weight is 193 g/mol. The van der Waals surface area contributed by atoms with Gasteiger partial charge in [0.25, 0.3) is 0 Å². The molecule has 0 saturated carbocycles.